The van der Waals surface area contributed by atoms with Crippen LogP contribution in [0.3, 0.4) is 0 Å². The van der Waals surface area contributed by atoms with Crippen LogP contribution in [0.1, 0.15) is 27.2 Å². The van der Waals surface area contributed by atoms with Gasteiger partial charge in [-0.3, -0.25) is 4.90 Å². The van der Waals surface area contributed by atoms with Crippen molar-refractivity contribution >= 4 is 0 Å². The van der Waals surface area contributed by atoms with Crippen molar-refractivity contribution in [1.82, 2.24) is 4.90 Å². The zero-order valence-electron chi connectivity index (χ0n) is 8.99. The predicted octanol–water partition coefficient (Wildman–Crippen LogP) is 1.75. The van der Waals surface area contributed by atoms with Gasteiger partial charge in [0.15, 0.2) is 0 Å². The topological polar surface area (TPSA) is 12.5 Å². The van der Waals surface area contributed by atoms with Crippen LogP contribution >= 0.6 is 0 Å². The van der Waals surface area contributed by atoms with Gasteiger partial charge in [-0.05, 0) is 25.2 Å². The van der Waals surface area contributed by atoms with Gasteiger partial charge in [-0.25, -0.2) is 0 Å². The summed E-state index contributed by atoms with van der Waals surface area (Å²) in [5.74, 6) is 1.74. The highest BCUT2D eigenvalue weighted by Gasteiger charge is 2.36. The summed E-state index contributed by atoms with van der Waals surface area (Å²) < 4.78 is 5.61. The van der Waals surface area contributed by atoms with E-state index in [4.69, 9.17) is 4.74 Å². The molecule has 0 spiro atoms. The van der Waals surface area contributed by atoms with E-state index in [-0.39, 0.29) is 0 Å². The molecule has 2 fully saturated rings. The van der Waals surface area contributed by atoms with Crippen LogP contribution < -0.4 is 0 Å². The molecule has 0 radical (unpaired) electrons. The van der Waals surface area contributed by atoms with E-state index in [1.807, 2.05) is 0 Å². The first-order chi connectivity index (χ1) is 6.18. The van der Waals surface area contributed by atoms with E-state index < -0.39 is 0 Å². The third-order valence-corrected chi connectivity index (χ3v) is 3.82. The van der Waals surface area contributed by atoms with Crippen LogP contribution in [0.25, 0.3) is 0 Å². The monoisotopic (exact) mass is 183 g/mol. The van der Waals surface area contributed by atoms with Gasteiger partial charge in [0.25, 0.3) is 0 Å². The van der Waals surface area contributed by atoms with Gasteiger partial charge in [-0.1, -0.05) is 13.8 Å². The van der Waals surface area contributed by atoms with Gasteiger partial charge in [0, 0.05) is 25.7 Å². The Morgan fingerprint density at radius 2 is 1.69 bits per heavy atom. The van der Waals surface area contributed by atoms with Gasteiger partial charge < -0.3 is 4.74 Å². The van der Waals surface area contributed by atoms with Crippen LogP contribution in [0, 0.1) is 11.8 Å². The Kier molecular flexibility index (Phi) is 2.61. The van der Waals surface area contributed by atoms with E-state index in [1.54, 1.807) is 0 Å². The second kappa shape index (κ2) is 3.58. The molecule has 2 aliphatic rings. The van der Waals surface area contributed by atoms with E-state index in [0.29, 0.717) is 12.1 Å². The van der Waals surface area contributed by atoms with Gasteiger partial charge >= 0.3 is 0 Å². The molecule has 2 rings (SSSR count). The van der Waals surface area contributed by atoms with Crippen LogP contribution in [0.2, 0.25) is 0 Å². The Morgan fingerprint density at radius 1 is 1.08 bits per heavy atom. The summed E-state index contributed by atoms with van der Waals surface area (Å²) in [7, 11) is 0. The van der Waals surface area contributed by atoms with E-state index in [2.05, 4.69) is 25.7 Å². The Bertz CT molecular complexity index is 173. The lowest BCUT2D eigenvalue weighted by molar-refractivity contribution is 0.0813. The molecule has 0 N–H and O–H groups in total. The average Bonchev–Trinajstić information content (AvgIpc) is 2.60. The van der Waals surface area contributed by atoms with Crippen LogP contribution in [-0.4, -0.2) is 36.7 Å². The van der Waals surface area contributed by atoms with Crippen molar-refractivity contribution in [3.63, 3.8) is 0 Å². The minimum atomic E-state index is 0.456. The standard InChI is InChI=1S/C11H21NO/c1-8-6-12(7-9(8)2)11-4-5-13-10(11)3/h8-11H,4-7H2,1-3H3. The van der Waals surface area contributed by atoms with Crippen molar-refractivity contribution < 1.29 is 4.74 Å². The van der Waals surface area contributed by atoms with Crippen molar-refractivity contribution in [1.29, 1.82) is 0 Å². The highest BCUT2D eigenvalue weighted by molar-refractivity contribution is 4.88. The average molecular weight is 183 g/mol. The molecule has 4 atom stereocenters. The zero-order valence-corrected chi connectivity index (χ0v) is 8.99. The van der Waals surface area contributed by atoms with E-state index in [1.165, 1.54) is 19.5 Å². The SMILES string of the molecule is CC1CN(C2CCOC2C)CC1C. The van der Waals surface area contributed by atoms with Gasteiger partial charge in [0.05, 0.1) is 6.10 Å². The molecule has 2 heteroatoms. The number of nitrogens with zero attached hydrogens (tertiary/aromatic N) is 1. The molecule has 0 aromatic heterocycles. The number of hydrogen-bond acceptors (Lipinski definition) is 2. The van der Waals surface area contributed by atoms with Gasteiger partial charge in [0.2, 0.25) is 0 Å². The Balaban J connectivity index is 1.95. The smallest absolute Gasteiger partial charge is 0.0703 e. The Morgan fingerprint density at radius 3 is 2.15 bits per heavy atom. The number of hydrogen-bond donors (Lipinski definition) is 0. The third-order valence-electron chi connectivity index (χ3n) is 3.82. The van der Waals surface area contributed by atoms with Crippen LogP contribution in [0.4, 0.5) is 0 Å². The molecule has 0 amide bonds. The lowest BCUT2D eigenvalue weighted by Gasteiger charge is -2.26. The van der Waals surface area contributed by atoms with Crippen LogP contribution in [0.15, 0.2) is 0 Å². The fraction of sp³-hybridized carbons (Fsp3) is 1.00. The normalized spacial score (nSPS) is 47.3. The molecule has 13 heavy (non-hydrogen) atoms. The molecule has 0 aliphatic carbocycles. The maximum atomic E-state index is 5.61. The van der Waals surface area contributed by atoms with Crippen molar-refractivity contribution in [2.75, 3.05) is 19.7 Å². The molecule has 0 aromatic carbocycles. The van der Waals surface area contributed by atoms with Crippen LogP contribution in [0.5, 0.6) is 0 Å². The summed E-state index contributed by atoms with van der Waals surface area (Å²) in [5, 5.41) is 0. The van der Waals surface area contributed by atoms with Crippen molar-refractivity contribution in [2.24, 2.45) is 11.8 Å². The summed E-state index contributed by atoms with van der Waals surface area (Å²) in [6.07, 6.45) is 1.69. The third kappa shape index (κ3) is 1.75. The first-order valence-electron chi connectivity index (χ1n) is 5.54. The molecular formula is C11H21NO. The molecule has 0 saturated carbocycles. The van der Waals surface area contributed by atoms with Crippen molar-refractivity contribution in [2.45, 2.75) is 39.3 Å². The first kappa shape index (κ1) is 9.47. The molecule has 76 valence electrons. The zero-order chi connectivity index (χ0) is 9.42. The maximum absolute atomic E-state index is 5.61. The Labute approximate surface area is 81.3 Å². The largest absolute Gasteiger partial charge is 0.377 e. The minimum Gasteiger partial charge on any atom is -0.377 e. The van der Waals surface area contributed by atoms with Crippen molar-refractivity contribution in [3.8, 4) is 0 Å². The molecular weight excluding hydrogens is 162 g/mol. The van der Waals surface area contributed by atoms with Gasteiger partial charge in [-0.2, -0.15) is 0 Å². The predicted molar refractivity (Wildman–Crippen MR) is 53.7 cm³/mol. The molecule has 2 heterocycles. The molecule has 4 unspecified atom stereocenters. The van der Waals surface area contributed by atoms with Gasteiger partial charge in [0.1, 0.15) is 0 Å². The second-order valence-electron chi connectivity index (χ2n) is 4.84. The summed E-state index contributed by atoms with van der Waals surface area (Å²) in [6.45, 7) is 10.5. The summed E-state index contributed by atoms with van der Waals surface area (Å²) in [4.78, 5) is 2.63. The Hall–Kier alpha value is -0.0800. The lowest BCUT2D eigenvalue weighted by Crippen LogP contribution is -2.38. The van der Waals surface area contributed by atoms with Crippen LogP contribution in [-0.2, 0) is 4.74 Å². The van der Waals surface area contributed by atoms with Gasteiger partial charge in [-0.15, -0.1) is 0 Å². The maximum Gasteiger partial charge on any atom is 0.0703 e. The summed E-state index contributed by atoms with van der Waals surface area (Å²) in [5.41, 5.74) is 0. The first-order valence-corrected chi connectivity index (χ1v) is 5.54. The minimum absolute atomic E-state index is 0.456. The highest BCUT2D eigenvalue weighted by atomic mass is 16.5. The fourth-order valence-electron chi connectivity index (χ4n) is 2.64. The number of ether oxygens (including phenoxy) is 1. The fourth-order valence-corrected chi connectivity index (χ4v) is 2.64. The summed E-state index contributed by atoms with van der Waals surface area (Å²) >= 11 is 0. The molecule has 0 bridgehead atoms. The van der Waals surface area contributed by atoms with Crippen molar-refractivity contribution in [3.05, 3.63) is 0 Å². The van der Waals surface area contributed by atoms with E-state index in [0.717, 1.165) is 18.4 Å². The molecule has 2 aliphatic heterocycles. The second-order valence-corrected chi connectivity index (χ2v) is 4.84. The van der Waals surface area contributed by atoms with E-state index >= 15 is 0 Å². The summed E-state index contributed by atoms with van der Waals surface area (Å²) in [6, 6.07) is 0.701. The molecule has 2 saturated heterocycles. The highest BCUT2D eigenvalue weighted by Crippen LogP contribution is 2.29. The number of likely N-dealkylation sites (tertiary alicyclic amines) is 1. The number of rotatable bonds is 1. The molecule has 2 nitrogen and oxygen atoms in total. The molecule has 0 aromatic rings. The lowest BCUT2D eigenvalue weighted by atomic mass is 10.0. The van der Waals surface area contributed by atoms with E-state index in [9.17, 15) is 0 Å². The quantitative estimate of drug-likeness (QED) is 0.614.